The van der Waals surface area contributed by atoms with Crippen LogP contribution < -0.4 is 9.80 Å². The lowest BCUT2D eigenvalue weighted by molar-refractivity contribution is 0.630. The molecule has 0 atom stereocenters. The van der Waals surface area contributed by atoms with Gasteiger partial charge in [-0.3, -0.25) is 0 Å². The number of halogens is 1. The fourth-order valence-corrected chi connectivity index (χ4v) is 12.3. The third-order valence-corrected chi connectivity index (χ3v) is 15.5. The normalized spacial score (nSPS) is 11.6. The molecular weight excluding hydrogens is 912 g/mol. The first kappa shape index (κ1) is 42.6. The summed E-state index contributed by atoms with van der Waals surface area (Å²) in [6.07, 6.45) is 0. The number of nitrogens with zero attached hydrogens (tertiary/aromatic N) is 2. The highest BCUT2D eigenvalue weighted by atomic mass is 32.1. The van der Waals surface area contributed by atoms with Gasteiger partial charge in [-0.15, -0.1) is 11.3 Å². The Bertz CT molecular complexity index is 4400. The van der Waals surface area contributed by atoms with Gasteiger partial charge in [0.1, 0.15) is 11.4 Å². The topological polar surface area (TPSA) is 19.6 Å². The SMILES string of the molecule is Fc1cc(-c2ccccc2)cc(-c2ccccc2)c1N(c1ccc2c(c1)c1ccccc1c1c3ccc(N(c4ccccc4)c4cccc5c4oc4ccccc45)cc3sc21)c1ccccc1-c1ccccc1. The maximum absolute atomic E-state index is 17.9. The van der Waals surface area contributed by atoms with Crippen molar-refractivity contribution < 1.29 is 8.81 Å². The summed E-state index contributed by atoms with van der Waals surface area (Å²) >= 11 is 1.82. The van der Waals surface area contributed by atoms with Crippen LogP contribution in [-0.2, 0) is 0 Å². The van der Waals surface area contributed by atoms with Gasteiger partial charge in [0.05, 0.1) is 17.1 Å². The summed E-state index contributed by atoms with van der Waals surface area (Å²) in [5.74, 6) is -0.315. The number of furan rings is 1. The Balaban J connectivity index is 1.000. The number of hydrogen-bond donors (Lipinski definition) is 0. The van der Waals surface area contributed by atoms with Crippen molar-refractivity contribution in [3.05, 3.63) is 267 Å². The van der Waals surface area contributed by atoms with Gasteiger partial charge in [-0.05, 0) is 105 Å². The Kier molecular flexibility index (Phi) is 10.2. The van der Waals surface area contributed by atoms with E-state index in [9.17, 15) is 0 Å². The van der Waals surface area contributed by atoms with Crippen LogP contribution in [0.5, 0.6) is 0 Å². The molecule has 0 aliphatic carbocycles. The first-order chi connectivity index (χ1) is 36.1. The summed E-state index contributed by atoms with van der Waals surface area (Å²) < 4.78 is 26.9. The molecule has 73 heavy (non-hydrogen) atoms. The van der Waals surface area contributed by atoms with Gasteiger partial charge < -0.3 is 14.2 Å². The van der Waals surface area contributed by atoms with Crippen LogP contribution in [0.15, 0.2) is 265 Å². The first-order valence-electron chi connectivity index (χ1n) is 24.6. The van der Waals surface area contributed by atoms with Crippen LogP contribution in [-0.4, -0.2) is 0 Å². The molecule has 0 amide bonds. The number of rotatable bonds is 9. The predicted molar refractivity (Wildman–Crippen MR) is 307 cm³/mol. The van der Waals surface area contributed by atoms with Crippen molar-refractivity contribution in [1.82, 2.24) is 0 Å². The predicted octanol–water partition coefficient (Wildman–Crippen LogP) is 20.3. The maximum Gasteiger partial charge on any atom is 0.159 e. The van der Waals surface area contributed by atoms with Gasteiger partial charge in [-0.1, -0.05) is 194 Å². The molecule has 0 N–H and O–H groups in total. The lowest BCUT2D eigenvalue weighted by Gasteiger charge is -2.31. The highest BCUT2D eigenvalue weighted by Crippen LogP contribution is 2.51. The second kappa shape index (κ2) is 17.5. The highest BCUT2D eigenvalue weighted by molar-refractivity contribution is 7.27. The number of benzene rings is 12. The summed E-state index contributed by atoms with van der Waals surface area (Å²) in [5, 5.41) is 9.16. The third-order valence-electron chi connectivity index (χ3n) is 14.3. The zero-order chi connectivity index (χ0) is 48.4. The number of hydrogen-bond acceptors (Lipinski definition) is 4. The third kappa shape index (κ3) is 7.16. The smallest absolute Gasteiger partial charge is 0.159 e. The number of anilines is 6. The number of fused-ring (bicyclic) bond motifs is 11. The Morgan fingerprint density at radius 3 is 1.67 bits per heavy atom. The van der Waals surface area contributed by atoms with Crippen LogP contribution in [0.25, 0.3) is 97.0 Å². The molecule has 14 aromatic rings. The molecule has 2 heterocycles. The van der Waals surface area contributed by atoms with Crippen molar-refractivity contribution in [3.8, 4) is 33.4 Å². The lowest BCUT2D eigenvalue weighted by Crippen LogP contribution is -2.14. The van der Waals surface area contributed by atoms with E-state index >= 15 is 4.39 Å². The standard InChI is InChI=1S/C68H43FN2OS/c69-60-41-47(44-20-5-1-6-21-44)40-58(46-24-9-3-10-25-46)66(60)71(61-33-17-15-28-51(61)45-22-7-2-8-23-45)49-36-38-56-59(42-49)52-29-13-14-31-54(52)65-57-39-37-50(43-64(57)73-68(56)65)70(48-26-11-4-12-27-48)62-34-19-32-55-53-30-16-18-35-63(53)72-67(55)62/h1-43H. The molecule has 0 spiro atoms. The zero-order valence-corrected chi connectivity index (χ0v) is 40.2. The van der Waals surface area contributed by atoms with Gasteiger partial charge >= 0.3 is 0 Å². The van der Waals surface area contributed by atoms with E-state index in [1.807, 2.05) is 78.1 Å². The molecule has 0 fully saturated rings. The maximum atomic E-state index is 17.9. The number of para-hydroxylation sites is 4. The van der Waals surface area contributed by atoms with E-state index in [2.05, 4.69) is 198 Å². The molecule has 3 nitrogen and oxygen atoms in total. The fourth-order valence-electron chi connectivity index (χ4n) is 11.0. The van der Waals surface area contributed by atoms with Gasteiger partial charge in [-0.25, -0.2) is 4.39 Å². The van der Waals surface area contributed by atoms with E-state index in [1.165, 1.54) is 25.6 Å². The van der Waals surface area contributed by atoms with E-state index in [0.29, 0.717) is 5.69 Å². The van der Waals surface area contributed by atoms with Crippen molar-refractivity contribution >= 4 is 109 Å². The molecular formula is C68H43FN2OS. The Labute approximate surface area is 425 Å². The molecule has 5 heteroatoms. The molecule has 12 aromatic carbocycles. The minimum absolute atomic E-state index is 0.315. The number of thiophene rings is 1. The molecule has 0 saturated carbocycles. The second-order valence-electron chi connectivity index (χ2n) is 18.5. The van der Waals surface area contributed by atoms with Gasteiger partial charge in [0, 0.05) is 64.5 Å². The fraction of sp³-hybridized carbons (Fsp3) is 0. The van der Waals surface area contributed by atoms with Crippen molar-refractivity contribution in [2.75, 3.05) is 9.80 Å². The summed E-state index contributed by atoms with van der Waals surface area (Å²) in [6, 6.07) is 90.4. The van der Waals surface area contributed by atoms with Crippen molar-refractivity contribution in [2.24, 2.45) is 0 Å². The first-order valence-corrected chi connectivity index (χ1v) is 25.4. The van der Waals surface area contributed by atoms with E-state index in [1.54, 1.807) is 6.07 Å². The molecule has 14 rings (SSSR count). The second-order valence-corrected chi connectivity index (χ2v) is 19.5. The Morgan fingerprint density at radius 1 is 0.342 bits per heavy atom. The van der Waals surface area contributed by atoms with E-state index in [0.717, 1.165) is 99.9 Å². The lowest BCUT2D eigenvalue weighted by atomic mass is 9.94. The van der Waals surface area contributed by atoms with Gasteiger partial charge in [0.15, 0.2) is 5.58 Å². The van der Waals surface area contributed by atoms with Crippen molar-refractivity contribution in [2.45, 2.75) is 0 Å². The minimum atomic E-state index is -0.315. The summed E-state index contributed by atoms with van der Waals surface area (Å²) in [6.45, 7) is 0. The average molecular weight is 955 g/mol. The van der Waals surface area contributed by atoms with Crippen LogP contribution in [0, 0.1) is 5.82 Å². The van der Waals surface area contributed by atoms with Crippen LogP contribution >= 0.6 is 11.3 Å². The molecule has 0 radical (unpaired) electrons. The molecule has 344 valence electrons. The molecule has 0 bridgehead atoms. The molecule has 0 unspecified atom stereocenters. The monoisotopic (exact) mass is 954 g/mol. The minimum Gasteiger partial charge on any atom is -0.454 e. The van der Waals surface area contributed by atoms with E-state index < -0.39 is 0 Å². The molecule has 0 aliphatic heterocycles. The van der Waals surface area contributed by atoms with Crippen LogP contribution in [0.1, 0.15) is 0 Å². The van der Waals surface area contributed by atoms with E-state index in [4.69, 9.17) is 4.42 Å². The summed E-state index contributed by atoms with van der Waals surface area (Å²) in [5.41, 5.74) is 12.5. The Morgan fingerprint density at radius 2 is 0.918 bits per heavy atom. The van der Waals surface area contributed by atoms with E-state index in [-0.39, 0.29) is 5.82 Å². The van der Waals surface area contributed by atoms with Crippen molar-refractivity contribution in [3.63, 3.8) is 0 Å². The van der Waals surface area contributed by atoms with Crippen LogP contribution in [0.3, 0.4) is 0 Å². The zero-order valence-electron chi connectivity index (χ0n) is 39.4. The highest BCUT2D eigenvalue weighted by Gasteiger charge is 2.27. The Hall–Kier alpha value is -9.29. The largest absolute Gasteiger partial charge is 0.454 e. The van der Waals surface area contributed by atoms with Gasteiger partial charge in [0.25, 0.3) is 0 Å². The average Bonchev–Trinajstić information content (AvgIpc) is 4.04. The molecule has 2 aromatic heterocycles. The summed E-state index contributed by atoms with van der Waals surface area (Å²) in [4.78, 5) is 4.46. The van der Waals surface area contributed by atoms with Gasteiger partial charge in [0.2, 0.25) is 0 Å². The molecule has 0 saturated heterocycles. The quantitative estimate of drug-likeness (QED) is 0.134. The van der Waals surface area contributed by atoms with Crippen molar-refractivity contribution in [1.29, 1.82) is 0 Å². The van der Waals surface area contributed by atoms with Crippen LogP contribution in [0.2, 0.25) is 0 Å². The molecule has 0 aliphatic rings. The summed E-state index contributed by atoms with van der Waals surface area (Å²) in [7, 11) is 0. The van der Waals surface area contributed by atoms with Crippen LogP contribution in [0.4, 0.5) is 38.5 Å². The van der Waals surface area contributed by atoms with Gasteiger partial charge in [-0.2, -0.15) is 0 Å².